The van der Waals surface area contributed by atoms with Crippen molar-refractivity contribution in [2.24, 2.45) is 0 Å². The van der Waals surface area contributed by atoms with Crippen molar-refractivity contribution in [2.75, 3.05) is 16.8 Å². The van der Waals surface area contributed by atoms with Crippen molar-refractivity contribution in [3.63, 3.8) is 0 Å². The van der Waals surface area contributed by atoms with Crippen LogP contribution in [0, 0.1) is 0 Å². The average molecular weight is 480 g/mol. The summed E-state index contributed by atoms with van der Waals surface area (Å²) in [6.45, 7) is 0.514. The van der Waals surface area contributed by atoms with E-state index in [2.05, 4.69) is 10.6 Å². The zero-order valence-electron chi connectivity index (χ0n) is 17.3. The Balaban J connectivity index is 1.40. The number of amides is 3. The fourth-order valence-electron chi connectivity index (χ4n) is 3.38. The minimum Gasteiger partial charge on any atom is -0.352 e. The zero-order chi connectivity index (χ0) is 23.4. The lowest BCUT2D eigenvalue weighted by Crippen LogP contribution is -2.32. The van der Waals surface area contributed by atoms with Gasteiger partial charge in [0.05, 0.1) is 10.7 Å². The summed E-state index contributed by atoms with van der Waals surface area (Å²) in [5.74, 6) is -1.47. The fourth-order valence-corrected chi connectivity index (χ4v) is 3.81. The summed E-state index contributed by atoms with van der Waals surface area (Å²) in [6.07, 6.45) is 0.733. The Labute approximate surface area is 200 Å². The quantitative estimate of drug-likeness (QED) is 0.479. The SMILES string of the molecule is O=C(NCCc1ccccc1)c1ccc(NC2=C(Cl)C(=O)N(c3ccccc3Cl)C2=O)cc1. The molecule has 0 atom stereocenters. The molecule has 3 amide bonds. The predicted octanol–water partition coefficient (Wildman–Crippen LogP) is 4.75. The lowest BCUT2D eigenvalue weighted by atomic mass is 10.1. The zero-order valence-corrected chi connectivity index (χ0v) is 18.9. The van der Waals surface area contributed by atoms with Gasteiger partial charge in [-0.2, -0.15) is 0 Å². The number of para-hydroxylation sites is 1. The second-order valence-electron chi connectivity index (χ2n) is 7.28. The molecule has 0 saturated carbocycles. The number of halogens is 2. The van der Waals surface area contributed by atoms with Crippen molar-refractivity contribution >= 4 is 52.3 Å². The third-order valence-electron chi connectivity index (χ3n) is 5.08. The first kappa shape index (κ1) is 22.6. The van der Waals surface area contributed by atoms with Crippen molar-refractivity contribution in [3.05, 3.63) is 106 Å². The second-order valence-corrected chi connectivity index (χ2v) is 8.07. The predicted molar refractivity (Wildman–Crippen MR) is 129 cm³/mol. The Kier molecular flexibility index (Phi) is 6.77. The van der Waals surface area contributed by atoms with Crippen molar-refractivity contribution in [1.82, 2.24) is 5.32 Å². The van der Waals surface area contributed by atoms with Crippen LogP contribution in [0.5, 0.6) is 0 Å². The molecular formula is C25H19Cl2N3O3. The molecule has 3 aromatic carbocycles. The fraction of sp³-hybridized carbons (Fsp3) is 0.0800. The van der Waals surface area contributed by atoms with Gasteiger partial charge in [0.1, 0.15) is 10.7 Å². The van der Waals surface area contributed by atoms with Crippen LogP contribution in [0.3, 0.4) is 0 Å². The summed E-state index contributed by atoms with van der Waals surface area (Å²) in [6, 6.07) is 22.9. The first-order valence-electron chi connectivity index (χ1n) is 10.2. The van der Waals surface area contributed by atoms with E-state index in [1.807, 2.05) is 30.3 Å². The Morgan fingerprint density at radius 1 is 0.818 bits per heavy atom. The lowest BCUT2D eigenvalue weighted by Gasteiger charge is -2.16. The van der Waals surface area contributed by atoms with E-state index < -0.39 is 11.8 Å². The molecule has 1 aliphatic rings. The van der Waals surface area contributed by atoms with Gasteiger partial charge in [0.2, 0.25) is 0 Å². The van der Waals surface area contributed by atoms with Crippen LogP contribution in [0.25, 0.3) is 0 Å². The van der Waals surface area contributed by atoms with Gasteiger partial charge < -0.3 is 10.6 Å². The van der Waals surface area contributed by atoms with Crippen molar-refractivity contribution < 1.29 is 14.4 Å². The van der Waals surface area contributed by atoms with E-state index in [1.165, 1.54) is 0 Å². The number of hydrogen-bond donors (Lipinski definition) is 2. The summed E-state index contributed by atoms with van der Waals surface area (Å²) in [7, 11) is 0. The lowest BCUT2D eigenvalue weighted by molar-refractivity contribution is -0.120. The van der Waals surface area contributed by atoms with E-state index in [-0.39, 0.29) is 27.3 Å². The molecule has 0 spiro atoms. The Morgan fingerprint density at radius 2 is 1.48 bits per heavy atom. The van der Waals surface area contributed by atoms with E-state index in [0.29, 0.717) is 17.8 Å². The van der Waals surface area contributed by atoms with Crippen LogP contribution in [0.1, 0.15) is 15.9 Å². The standard InChI is InChI=1S/C25H19Cl2N3O3/c26-19-8-4-5-9-20(19)30-24(32)21(27)22(25(30)33)29-18-12-10-17(11-13-18)23(31)28-15-14-16-6-2-1-3-7-16/h1-13,29H,14-15H2,(H,28,31). The van der Waals surface area contributed by atoms with E-state index >= 15 is 0 Å². The highest BCUT2D eigenvalue weighted by molar-refractivity contribution is 6.53. The van der Waals surface area contributed by atoms with Crippen molar-refractivity contribution in [1.29, 1.82) is 0 Å². The first-order chi connectivity index (χ1) is 16.0. The van der Waals surface area contributed by atoms with E-state index in [9.17, 15) is 14.4 Å². The number of rotatable bonds is 7. The highest BCUT2D eigenvalue weighted by atomic mass is 35.5. The third kappa shape index (κ3) is 4.92. The highest BCUT2D eigenvalue weighted by Crippen LogP contribution is 2.34. The van der Waals surface area contributed by atoms with Crippen LogP contribution < -0.4 is 15.5 Å². The molecule has 1 heterocycles. The molecule has 4 rings (SSSR count). The number of carbonyl (C=O) groups excluding carboxylic acids is 3. The third-order valence-corrected chi connectivity index (χ3v) is 5.75. The number of carbonyl (C=O) groups is 3. The molecule has 0 aromatic heterocycles. The number of nitrogens with one attached hydrogen (secondary N) is 2. The topological polar surface area (TPSA) is 78.5 Å². The Hall–Kier alpha value is -3.61. The van der Waals surface area contributed by atoms with Gasteiger partial charge >= 0.3 is 0 Å². The molecule has 0 unspecified atom stereocenters. The van der Waals surface area contributed by atoms with Crippen LogP contribution in [0.2, 0.25) is 5.02 Å². The Morgan fingerprint density at radius 3 is 2.18 bits per heavy atom. The van der Waals surface area contributed by atoms with E-state index in [0.717, 1.165) is 16.9 Å². The highest BCUT2D eigenvalue weighted by Gasteiger charge is 2.39. The van der Waals surface area contributed by atoms with Gasteiger partial charge in [-0.05, 0) is 48.4 Å². The van der Waals surface area contributed by atoms with Gasteiger partial charge in [-0.15, -0.1) is 0 Å². The number of imide groups is 1. The van der Waals surface area contributed by atoms with Crippen LogP contribution in [-0.2, 0) is 16.0 Å². The summed E-state index contributed by atoms with van der Waals surface area (Å²) in [5, 5.41) is 5.79. The molecule has 0 saturated heterocycles. The van der Waals surface area contributed by atoms with Gasteiger partial charge in [0, 0.05) is 17.8 Å². The monoisotopic (exact) mass is 479 g/mol. The van der Waals surface area contributed by atoms with E-state index in [4.69, 9.17) is 23.2 Å². The molecule has 8 heteroatoms. The first-order valence-corrected chi connectivity index (χ1v) is 10.9. The minimum atomic E-state index is -0.660. The molecule has 33 heavy (non-hydrogen) atoms. The molecule has 6 nitrogen and oxygen atoms in total. The molecule has 0 bridgehead atoms. The average Bonchev–Trinajstić information content (AvgIpc) is 3.03. The van der Waals surface area contributed by atoms with Gasteiger partial charge in [0.15, 0.2) is 0 Å². The molecule has 1 aliphatic heterocycles. The summed E-state index contributed by atoms with van der Waals surface area (Å²) in [5.41, 5.74) is 2.32. The van der Waals surface area contributed by atoms with Crippen LogP contribution >= 0.6 is 23.2 Å². The second kappa shape index (κ2) is 9.90. The van der Waals surface area contributed by atoms with Gasteiger partial charge in [-0.1, -0.05) is 65.7 Å². The van der Waals surface area contributed by atoms with Gasteiger partial charge in [0.25, 0.3) is 17.7 Å². The normalized spacial score (nSPS) is 13.5. The Bertz CT molecular complexity index is 1240. The summed E-state index contributed by atoms with van der Waals surface area (Å²) >= 11 is 12.3. The number of nitrogens with zero attached hydrogens (tertiary/aromatic N) is 1. The number of anilines is 2. The van der Waals surface area contributed by atoms with Gasteiger partial charge in [-0.3, -0.25) is 14.4 Å². The molecule has 2 N–H and O–H groups in total. The largest absolute Gasteiger partial charge is 0.352 e. The summed E-state index contributed by atoms with van der Waals surface area (Å²) in [4.78, 5) is 38.8. The molecule has 3 aromatic rings. The molecule has 166 valence electrons. The van der Waals surface area contributed by atoms with Crippen LogP contribution in [0.15, 0.2) is 89.6 Å². The number of benzene rings is 3. The van der Waals surface area contributed by atoms with Crippen molar-refractivity contribution in [2.45, 2.75) is 6.42 Å². The number of hydrogen-bond acceptors (Lipinski definition) is 4. The van der Waals surface area contributed by atoms with Crippen molar-refractivity contribution in [3.8, 4) is 0 Å². The van der Waals surface area contributed by atoms with Gasteiger partial charge in [-0.25, -0.2) is 4.90 Å². The smallest absolute Gasteiger partial charge is 0.283 e. The van der Waals surface area contributed by atoms with Crippen LogP contribution in [-0.4, -0.2) is 24.3 Å². The molecular weight excluding hydrogens is 461 g/mol. The minimum absolute atomic E-state index is 0.0540. The molecule has 0 radical (unpaired) electrons. The maximum Gasteiger partial charge on any atom is 0.283 e. The maximum atomic E-state index is 12.9. The molecule has 0 aliphatic carbocycles. The van der Waals surface area contributed by atoms with E-state index in [1.54, 1.807) is 48.5 Å². The maximum absolute atomic E-state index is 12.9. The van der Waals surface area contributed by atoms with Crippen LogP contribution in [0.4, 0.5) is 11.4 Å². The molecule has 0 fully saturated rings. The summed E-state index contributed by atoms with van der Waals surface area (Å²) < 4.78 is 0.